The van der Waals surface area contributed by atoms with Crippen molar-refractivity contribution in [2.75, 3.05) is 4.72 Å². The van der Waals surface area contributed by atoms with Gasteiger partial charge >= 0.3 is 0 Å². The van der Waals surface area contributed by atoms with Crippen LogP contribution in [0.5, 0.6) is 0 Å². The number of carbonyl (C=O) groups excluding carboxylic acids is 1. The lowest BCUT2D eigenvalue weighted by molar-refractivity contribution is 0.0951. The lowest BCUT2D eigenvalue weighted by Gasteiger charge is -2.12. The summed E-state index contributed by atoms with van der Waals surface area (Å²) in [6, 6.07) is 20.8. The van der Waals surface area contributed by atoms with Gasteiger partial charge in [-0.25, -0.2) is 5.14 Å². The summed E-state index contributed by atoms with van der Waals surface area (Å²) in [5.74, 6) is -0.252. The van der Waals surface area contributed by atoms with Gasteiger partial charge in [0.05, 0.1) is 0 Å². The Kier molecular flexibility index (Phi) is 6.14. The molecule has 0 bridgehead atoms. The molecule has 3 aromatic rings. The molecule has 0 fully saturated rings. The quantitative estimate of drug-likeness (QED) is 0.292. The molecule has 0 aliphatic carbocycles. The summed E-state index contributed by atoms with van der Waals surface area (Å²) in [6.45, 7) is 0.322. The number of carbonyl (C=O) groups is 1. The highest BCUT2D eigenvalue weighted by atomic mass is 32.2. The number of hydrogen-bond donors (Lipinski definition) is 5. The van der Waals surface area contributed by atoms with Gasteiger partial charge in [0.25, 0.3) is 16.1 Å². The van der Waals surface area contributed by atoms with Crippen molar-refractivity contribution in [3.05, 3.63) is 89.5 Å². The van der Waals surface area contributed by atoms with E-state index in [1.165, 1.54) is 0 Å². The van der Waals surface area contributed by atoms with Crippen LogP contribution in [0.1, 0.15) is 21.5 Å². The maximum Gasteiger partial charge on any atom is 0.296 e. The van der Waals surface area contributed by atoms with Crippen LogP contribution in [0.25, 0.3) is 11.1 Å². The van der Waals surface area contributed by atoms with E-state index in [2.05, 4.69) is 10.0 Å². The second kappa shape index (κ2) is 8.76. The fourth-order valence-corrected chi connectivity index (χ4v) is 3.36. The summed E-state index contributed by atoms with van der Waals surface area (Å²) in [5.41, 5.74) is 9.24. The number of rotatable bonds is 7. The zero-order valence-electron chi connectivity index (χ0n) is 15.9. The predicted molar refractivity (Wildman–Crippen MR) is 117 cm³/mol. The molecule has 0 aromatic heterocycles. The molecule has 0 radical (unpaired) electrons. The fourth-order valence-electron chi connectivity index (χ4n) is 2.89. The van der Waals surface area contributed by atoms with Gasteiger partial charge in [0.1, 0.15) is 5.84 Å². The Morgan fingerprint density at radius 3 is 2.17 bits per heavy atom. The van der Waals surface area contributed by atoms with Crippen LogP contribution >= 0.6 is 0 Å². The smallest absolute Gasteiger partial charge is 0.296 e. The summed E-state index contributed by atoms with van der Waals surface area (Å²) in [6.07, 6.45) is 0. The minimum absolute atomic E-state index is 0.00945. The molecule has 0 aliphatic rings. The molecule has 3 aromatic carbocycles. The van der Waals surface area contributed by atoms with E-state index in [1.807, 2.05) is 12.1 Å². The van der Waals surface area contributed by atoms with Gasteiger partial charge in [0, 0.05) is 23.4 Å². The lowest BCUT2D eigenvalue weighted by Crippen LogP contribution is -2.23. The van der Waals surface area contributed by atoms with E-state index < -0.39 is 10.2 Å². The molecule has 1 amide bonds. The summed E-state index contributed by atoms with van der Waals surface area (Å²) in [7, 11) is -3.85. The zero-order valence-corrected chi connectivity index (χ0v) is 16.7. The molecular weight excluding hydrogens is 402 g/mol. The molecule has 0 saturated heterocycles. The summed E-state index contributed by atoms with van der Waals surface area (Å²) in [4.78, 5) is 12.8. The second-order valence-corrected chi connectivity index (χ2v) is 7.86. The summed E-state index contributed by atoms with van der Waals surface area (Å²) >= 11 is 0. The zero-order chi connectivity index (χ0) is 21.7. The lowest BCUT2D eigenvalue weighted by atomic mass is 9.99. The number of nitrogen functional groups attached to an aromatic ring is 1. The second-order valence-electron chi connectivity index (χ2n) is 6.56. The minimum atomic E-state index is -3.85. The largest absolute Gasteiger partial charge is 0.384 e. The first kappa shape index (κ1) is 21.0. The molecule has 7 N–H and O–H groups in total. The third-order valence-electron chi connectivity index (χ3n) is 4.35. The van der Waals surface area contributed by atoms with Crippen LogP contribution in [0.3, 0.4) is 0 Å². The van der Waals surface area contributed by atoms with Gasteiger partial charge in [-0.15, -0.1) is 0 Å². The highest BCUT2D eigenvalue weighted by molar-refractivity contribution is 7.90. The summed E-state index contributed by atoms with van der Waals surface area (Å²) < 4.78 is 24.5. The van der Waals surface area contributed by atoms with E-state index in [4.69, 9.17) is 16.3 Å². The van der Waals surface area contributed by atoms with Crippen LogP contribution in [0.4, 0.5) is 5.69 Å². The minimum Gasteiger partial charge on any atom is -0.384 e. The van der Waals surface area contributed by atoms with Crippen molar-refractivity contribution in [3.63, 3.8) is 0 Å². The number of nitrogens with one attached hydrogen (secondary N) is 3. The molecule has 0 saturated carbocycles. The Morgan fingerprint density at radius 2 is 1.57 bits per heavy atom. The van der Waals surface area contributed by atoms with E-state index in [9.17, 15) is 13.2 Å². The van der Waals surface area contributed by atoms with Gasteiger partial charge in [0.2, 0.25) is 0 Å². The molecule has 8 nitrogen and oxygen atoms in total. The van der Waals surface area contributed by atoms with E-state index >= 15 is 0 Å². The van der Waals surface area contributed by atoms with Crippen molar-refractivity contribution in [3.8, 4) is 11.1 Å². The van der Waals surface area contributed by atoms with E-state index in [0.717, 1.165) is 11.1 Å². The van der Waals surface area contributed by atoms with Crippen molar-refractivity contribution in [2.24, 2.45) is 10.9 Å². The van der Waals surface area contributed by atoms with Gasteiger partial charge in [-0.1, -0.05) is 54.6 Å². The van der Waals surface area contributed by atoms with Gasteiger partial charge in [-0.05, 0) is 34.9 Å². The van der Waals surface area contributed by atoms with Crippen molar-refractivity contribution < 1.29 is 13.2 Å². The van der Waals surface area contributed by atoms with Crippen molar-refractivity contribution in [1.82, 2.24) is 5.32 Å². The van der Waals surface area contributed by atoms with Gasteiger partial charge in [0.15, 0.2) is 0 Å². The Labute approximate surface area is 174 Å². The number of hydrogen-bond acceptors (Lipinski definition) is 4. The highest BCUT2D eigenvalue weighted by Gasteiger charge is 2.13. The number of amides is 1. The number of nitrogens with two attached hydrogens (primary N) is 2. The molecule has 0 aliphatic heterocycles. The SMILES string of the molecule is N=C(N)c1ccc(CNC(=O)c2ccccc2-c2ccc(NS(N)(=O)=O)cc2)cc1. The third kappa shape index (κ3) is 5.43. The van der Waals surface area contributed by atoms with Crippen LogP contribution < -0.4 is 20.9 Å². The highest BCUT2D eigenvalue weighted by Crippen LogP contribution is 2.25. The Bertz CT molecular complexity index is 1170. The molecule has 30 heavy (non-hydrogen) atoms. The molecular formula is C21H21N5O3S. The molecule has 154 valence electrons. The van der Waals surface area contributed by atoms with E-state index in [0.29, 0.717) is 28.9 Å². The Hall–Kier alpha value is -3.69. The Morgan fingerprint density at radius 1 is 0.933 bits per heavy atom. The van der Waals surface area contributed by atoms with E-state index in [1.54, 1.807) is 60.7 Å². The first-order valence-electron chi connectivity index (χ1n) is 8.94. The van der Waals surface area contributed by atoms with E-state index in [-0.39, 0.29) is 11.7 Å². The molecule has 0 unspecified atom stereocenters. The number of anilines is 1. The topological polar surface area (TPSA) is 151 Å². The number of amidine groups is 1. The normalized spacial score (nSPS) is 11.0. The maximum absolute atomic E-state index is 12.8. The van der Waals surface area contributed by atoms with Crippen LogP contribution in [0.15, 0.2) is 72.8 Å². The van der Waals surface area contributed by atoms with Crippen LogP contribution in [-0.4, -0.2) is 20.2 Å². The monoisotopic (exact) mass is 423 g/mol. The molecule has 0 spiro atoms. The van der Waals surface area contributed by atoms with Crippen molar-refractivity contribution >= 4 is 27.6 Å². The third-order valence-corrected chi connectivity index (χ3v) is 4.87. The predicted octanol–water partition coefficient (Wildman–Crippen LogP) is 2.18. The van der Waals surface area contributed by atoms with Crippen molar-refractivity contribution in [1.29, 1.82) is 5.41 Å². The Balaban J connectivity index is 1.75. The average Bonchev–Trinajstić information content (AvgIpc) is 2.72. The van der Waals surface area contributed by atoms with Crippen molar-refractivity contribution in [2.45, 2.75) is 6.54 Å². The van der Waals surface area contributed by atoms with Gasteiger partial charge in [-0.3, -0.25) is 14.9 Å². The average molecular weight is 423 g/mol. The molecule has 9 heteroatoms. The molecule has 0 atom stereocenters. The summed E-state index contributed by atoms with van der Waals surface area (Å²) in [5, 5.41) is 15.3. The standard InChI is InChI=1S/C21H21N5O3S/c22-20(23)16-7-5-14(6-8-16)13-25-21(27)19-4-2-1-3-18(19)15-9-11-17(12-10-15)26-30(24,28)29/h1-12,26H,13H2,(H3,22,23)(H,25,27)(H2,24,28,29). The van der Waals surface area contributed by atoms with Crippen LogP contribution in [0.2, 0.25) is 0 Å². The molecule has 3 rings (SSSR count). The van der Waals surface area contributed by atoms with Gasteiger partial charge in [-0.2, -0.15) is 8.42 Å². The molecule has 0 heterocycles. The number of benzene rings is 3. The fraction of sp³-hybridized carbons (Fsp3) is 0.0476. The first-order valence-corrected chi connectivity index (χ1v) is 10.5. The maximum atomic E-state index is 12.8. The van der Waals surface area contributed by atoms with Gasteiger partial charge < -0.3 is 11.1 Å². The van der Waals surface area contributed by atoms with Crippen LogP contribution in [-0.2, 0) is 16.8 Å². The first-order chi connectivity index (χ1) is 14.2. The van der Waals surface area contributed by atoms with Crippen LogP contribution in [0, 0.1) is 5.41 Å².